The summed E-state index contributed by atoms with van der Waals surface area (Å²) >= 11 is 0. The standard InChI is InChI=1S/C21H20N2O3/c1-13-6-7-16-15(12-23-17(16)10-13)8-9-22-21(24)19-11-14-4-3-5-18(25-2)20(14)26-19/h3-7,10-12,23H,8-9H2,1-2H3,(H,22,24). The molecule has 0 radical (unpaired) electrons. The van der Waals surface area contributed by atoms with E-state index in [9.17, 15) is 4.79 Å². The summed E-state index contributed by atoms with van der Waals surface area (Å²) in [5.41, 5.74) is 4.12. The predicted octanol–water partition coefficient (Wildman–Crippen LogP) is 4.20. The SMILES string of the molecule is COc1cccc2cc(C(=O)NCCc3c[nH]c4cc(C)ccc34)oc12. The second-order valence-electron chi connectivity index (χ2n) is 6.36. The second-order valence-corrected chi connectivity index (χ2v) is 6.36. The van der Waals surface area contributed by atoms with Gasteiger partial charge < -0.3 is 19.5 Å². The van der Waals surface area contributed by atoms with Gasteiger partial charge in [0.05, 0.1) is 7.11 Å². The van der Waals surface area contributed by atoms with Crippen molar-refractivity contribution in [3.63, 3.8) is 0 Å². The monoisotopic (exact) mass is 348 g/mol. The number of H-pyrrole nitrogens is 1. The van der Waals surface area contributed by atoms with E-state index >= 15 is 0 Å². The molecule has 0 fully saturated rings. The highest BCUT2D eigenvalue weighted by molar-refractivity contribution is 5.97. The van der Waals surface area contributed by atoms with Crippen LogP contribution in [0.5, 0.6) is 5.75 Å². The minimum Gasteiger partial charge on any atom is -0.493 e. The number of amides is 1. The summed E-state index contributed by atoms with van der Waals surface area (Å²) in [5, 5.41) is 4.97. The van der Waals surface area contributed by atoms with Crippen molar-refractivity contribution >= 4 is 27.8 Å². The zero-order chi connectivity index (χ0) is 18.1. The Morgan fingerprint density at radius 3 is 2.96 bits per heavy atom. The van der Waals surface area contributed by atoms with Crippen molar-refractivity contribution in [2.24, 2.45) is 0 Å². The van der Waals surface area contributed by atoms with E-state index in [1.807, 2.05) is 24.4 Å². The number of benzene rings is 2. The molecule has 132 valence electrons. The number of methoxy groups -OCH3 is 1. The Morgan fingerprint density at radius 1 is 1.23 bits per heavy atom. The normalized spacial score (nSPS) is 11.2. The van der Waals surface area contributed by atoms with E-state index in [1.165, 1.54) is 16.5 Å². The molecule has 0 aliphatic carbocycles. The number of ether oxygens (including phenoxy) is 1. The smallest absolute Gasteiger partial charge is 0.287 e. The lowest BCUT2D eigenvalue weighted by molar-refractivity contribution is 0.0928. The first-order chi connectivity index (χ1) is 12.7. The molecule has 4 aromatic rings. The van der Waals surface area contributed by atoms with E-state index in [0.29, 0.717) is 23.6 Å². The molecule has 5 heteroatoms. The predicted molar refractivity (Wildman–Crippen MR) is 102 cm³/mol. The highest BCUT2D eigenvalue weighted by Gasteiger charge is 2.14. The van der Waals surface area contributed by atoms with Gasteiger partial charge in [0.25, 0.3) is 5.91 Å². The number of rotatable bonds is 5. The number of aromatic nitrogens is 1. The zero-order valence-electron chi connectivity index (χ0n) is 14.8. The van der Waals surface area contributed by atoms with Crippen molar-refractivity contribution in [2.45, 2.75) is 13.3 Å². The van der Waals surface area contributed by atoms with E-state index in [2.05, 4.69) is 35.4 Å². The molecule has 0 saturated heterocycles. The van der Waals surface area contributed by atoms with Gasteiger partial charge in [0.1, 0.15) is 0 Å². The molecule has 0 aliphatic rings. The van der Waals surface area contributed by atoms with Crippen LogP contribution >= 0.6 is 0 Å². The summed E-state index contributed by atoms with van der Waals surface area (Å²) in [5.74, 6) is 0.689. The van der Waals surface area contributed by atoms with Crippen molar-refractivity contribution in [1.82, 2.24) is 10.3 Å². The van der Waals surface area contributed by atoms with Gasteiger partial charge in [-0.05, 0) is 42.7 Å². The van der Waals surface area contributed by atoms with Gasteiger partial charge in [0.2, 0.25) is 0 Å². The van der Waals surface area contributed by atoms with Crippen molar-refractivity contribution in [1.29, 1.82) is 0 Å². The Morgan fingerprint density at radius 2 is 2.12 bits per heavy atom. The third kappa shape index (κ3) is 2.92. The van der Waals surface area contributed by atoms with E-state index in [1.54, 1.807) is 13.2 Å². The number of carbonyl (C=O) groups excluding carboxylic acids is 1. The summed E-state index contributed by atoms with van der Waals surface area (Å²) in [7, 11) is 1.58. The number of aryl methyl sites for hydroxylation is 1. The minimum atomic E-state index is -0.223. The Labute approximate surface area is 151 Å². The molecule has 0 atom stereocenters. The van der Waals surface area contributed by atoms with Crippen LogP contribution < -0.4 is 10.1 Å². The highest BCUT2D eigenvalue weighted by Crippen LogP contribution is 2.28. The molecule has 2 N–H and O–H groups in total. The van der Waals surface area contributed by atoms with Crippen molar-refractivity contribution < 1.29 is 13.9 Å². The summed E-state index contributed by atoms with van der Waals surface area (Å²) < 4.78 is 11.0. The van der Waals surface area contributed by atoms with Crippen LogP contribution in [-0.4, -0.2) is 24.5 Å². The van der Waals surface area contributed by atoms with Gasteiger partial charge in [-0.15, -0.1) is 0 Å². The van der Waals surface area contributed by atoms with Gasteiger partial charge in [0.15, 0.2) is 17.1 Å². The molecule has 0 unspecified atom stereocenters. The Kier molecular flexibility index (Phi) is 4.13. The average molecular weight is 348 g/mol. The molecule has 0 saturated carbocycles. The maximum Gasteiger partial charge on any atom is 0.287 e. The van der Waals surface area contributed by atoms with Gasteiger partial charge in [-0.2, -0.15) is 0 Å². The number of hydrogen-bond donors (Lipinski definition) is 2. The lowest BCUT2D eigenvalue weighted by Crippen LogP contribution is -2.25. The van der Waals surface area contributed by atoms with Gasteiger partial charge in [0, 0.05) is 29.0 Å². The fourth-order valence-electron chi connectivity index (χ4n) is 3.21. The summed E-state index contributed by atoms with van der Waals surface area (Å²) in [6.45, 7) is 2.61. The number of carbonyl (C=O) groups is 1. The molecule has 0 bridgehead atoms. The highest BCUT2D eigenvalue weighted by atomic mass is 16.5. The first-order valence-electron chi connectivity index (χ1n) is 8.57. The van der Waals surface area contributed by atoms with Gasteiger partial charge in [-0.3, -0.25) is 4.79 Å². The molecule has 5 nitrogen and oxygen atoms in total. The fourth-order valence-corrected chi connectivity index (χ4v) is 3.21. The van der Waals surface area contributed by atoms with E-state index in [-0.39, 0.29) is 5.91 Å². The van der Waals surface area contributed by atoms with Gasteiger partial charge in [-0.1, -0.05) is 24.3 Å². The lowest BCUT2D eigenvalue weighted by Gasteiger charge is -2.03. The molecular formula is C21H20N2O3. The van der Waals surface area contributed by atoms with Gasteiger partial charge >= 0.3 is 0 Å². The Bertz CT molecular complexity index is 1090. The Hall–Kier alpha value is -3.21. The largest absolute Gasteiger partial charge is 0.493 e. The van der Waals surface area contributed by atoms with Crippen LogP contribution in [0.25, 0.3) is 21.9 Å². The third-order valence-electron chi connectivity index (χ3n) is 4.55. The van der Waals surface area contributed by atoms with E-state index in [4.69, 9.17) is 9.15 Å². The first-order valence-corrected chi connectivity index (χ1v) is 8.57. The first kappa shape index (κ1) is 16.3. The molecule has 0 aliphatic heterocycles. The van der Waals surface area contributed by atoms with Crippen LogP contribution in [0.2, 0.25) is 0 Å². The molecular weight excluding hydrogens is 328 g/mol. The van der Waals surface area contributed by atoms with Crippen LogP contribution in [0, 0.1) is 6.92 Å². The van der Waals surface area contributed by atoms with Gasteiger partial charge in [-0.25, -0.2) is 0 Å². The molecule has 2 aromatic heterocycles. The van der Waals surface area contributed by atoms with Crippen molar-refractivity contribution in [2.75, 3.05) is 13.7 Å². The number of aromatic amines is 1. The number of furan rings is 1. The quantitative estimate of drug-likeness (QED) is 0.568. The summed E-state index contributed by atoms with van der Waals surface area (Å²) in [6, 6.07) is 13.7. The Balaban J connectivity index is 1.45. The molecule has 2 heterocycles. The average Bonchev–Trinajstić information content (AvgIpc) is 3.25. The van der Waals surface area contributed by atoms with E-state index in [0.717, 1.165) is 17.3 Å². The topological polar surface area (TPSA) is 67.3 Å². The van der Waals surface area contributed by atoms with Crippen LogP contribution in [0.3, 0.4) is 0 Å². The molecule has 0 spiro atoms. The molecule has 4 rings (SSSR count). The molecule has 1 amide bonds. The van der Waals surface area contributed by atoms with Crippen molar-refractivity contribution in [3.05, 3.63) is 65.5 Å². The third-order valence-corrected chi connectivity index (χ3v) is 4.55. The van der Waals surface area contributed by atoms with E-state index < -0.39 is 0 Å². The number of fused-ring (bicyclic) bond motifs is 2. The van der Waals surface area contributed by atoms with Crippen LogP contribution in [-0.2, 0) is 6.42 Å². The summed E-state index contributed by atoms with van der Waals surface area (Å²) in [6.07, 6.45) is 2.75. The van der Waals surface area contributed by atoms with Crippen LogP contribution in [0.1, 0.15) is 21.7 Å². The van der Waals surface area contributed by atoms with Crippen LogP contribution in [0.15, 0.2) is 53.1 Å². The zero-order valence-corrected chi connectivity index (χ0v) is 14.8. The lowest BCUT2D eigenvalue weighted by atomic mass is 10.1. The maximum absolute atomic E-state index is 12.4. The minimum absolute atomic E-state index is 0.223. The number of nitrogens with one attached hydrogen (secondary N) is 2. The number of hydrogen-bond acceptors (Lipinski definition) is 3. The summed E-state index contributed by atoms with van der Waals surface area (Å²) in [4.78, 5) is 15.7. The fraction of sp³-hybridized carbons (Fsp3) is 0.190. The second kappa shape index (κ2) is 6.59. The van der Waals surface area contributed by atoms with Crippen molar-refractivity contribution in [3.8, 4) is 5.75 Å². The number of para-hydroxylation sites is 1. The molecule has 2 aromatic carbocycles. The van der Waals surface area contributed by atoms with Crippen LogP contribution in [0.4, 0.5) is 0 Å². The molecule has 26 heavy (non-hydrogen) atoms. The maximum atomic E-state index is 12.4.